The van der Waals surface area contributed by atoms with E-state index in [1.165, 1.54) is 14.2 Å². The molecule has 1 aromatic rings. The van der Waals surface area contributed by atoms with Crippen LogP contribution >= 0.6 is 0 Å². The third-order valence-corrected chi connectivity index (χ3v) is 1.88. The highest BCUT2D eigenvalue weighted by atomic mass is 16.5. The molecule has 0 unspecified atom stereocenters. The summed E-state index contributed by atoms with van der Waals surface area (Å²) in [5, 5.41) is 9.04. The molecule has 4 nitrogen and oxygen atoms in total. The first-order valence-electron chi connectivity index (χ1n) is 4.07. The number of rotatable bonds is 4. The first-order valence-corrected chi connectivity index (χ1v) is 4.07. The molecule has 0 aromatic heterocycles. The molecule has 0 amide bonds. The van der Waals surface area contributed by atoms with Crippen LogP contribution in [0, 0.1) is 0 Å². The second kappa shape index (κ2) is 4.62. The van der Waals surface area contributed by atoms with Crippen molar-refractivity contribution in [3.8, 4) is 11.5 Å². The summed E-state index contributed by atoms with van der Waals surface area (Å²) in [6.45, 7) is -0.193. The maximum Gasteiger partial charge on any atom is 0.166 e. The Hall–Kier alpha value is -1.55. The predicted octanol–water partition coefficient (Wildman–Crippen LogP) is 1.01. The van der Waals surface area contributed by atoms with Crippen molar-refractivity contribution in [1.82, 2.24) is 0 Å². The van der Waals surface area contributed by atoms with Gasteiger partial charge in [0.2, 0.25) is 0 Å². The average Bonchev–Trinajstić information content (AvgIpc) is 2.26. The van der Waals surface area contributed by atoms with E-state index in [2.05, 4.69) is 0 Å². The molecule has 4 heteroatoms. The molecule has 0 aliphatic carbocycles. The van der Waals surface area contributed by atoms with E-state index in [-0.39, 0.29) is 6.61 Å². The number of ether oxygens (including phenoxy) is 2. The topological polar surface area (TPSA) is 55.8 Å². The van der Waals surface area contributed by atoms with Crippen LogP contribution in [0.3, 0.4) is 0 Å². The number of aldehydes is 1. The van der Waals surface area contributed by atoms with Gasteiger partial charge in [-0.05, 0) is 12.1 Å². The van der Waals surface area contributed by atoms with Gasteiger partial charge in [-0.2, -0.15) is 0 Å². The van der Waals surface area contributed by atoms with Gasteiger partial charge >= 0.3 is 0 Å². The highest BCUT2D eigenvalue weighted by molar-refractivity contribution is 5.77. The number of carbonyl (C=O) groups is 1. The van der Waals surface area contributed by atoms with Gasteiger partial charge in [0.1, 0.15) is 6.29 Å². The summed E-state index contributed by atoms with van der Waals surface area (Å²) in [5.74, 6) is 0.904. The smallest absolute Gasteiger partial charge is 0.166 e. The Bertz CT molecular complexity index is 308. The van der Waals surface area contributed by atoms with Gasteiger partial charge in [-0.3, -0.25) is 4.79 Å². The zero-order valence-electron chi connectivity index (χ0n) is 8.11. The Balaban J connectivity index is 3.31. The fourth-order valence-electron chi connectivity index (χ4n) is 1.25. The first kappa shape index (κ1) is 10.5. The van der Waals surface area contributed by atoms with Crippen LogP contribution in [0.4, 0.5) is 0 Å². The van der Waals surface area contributed by atoms with Crippen LogP contribution in [0.25, 0.3) is 0 Å². The fraction of sp³-hybridized carbons (Fsp3) is 0.300. The van der Waals surface area contributed by atoms with Gasteiger partial charge in [0.15, 0.2) is 11.5 Å². The molecule has 0 saturated heterocycles. The van der Waals surface area contributed by atoms with Gasteiger partial charge < -0.3 is 14.6 Å². The van der Waals surface area contributed by atoms with Gasteiger partial charge in [0, 0.05) is 11.1 Å². The third-order valence-electron chi connectivity index (χ3n) is 1.88. The summed E-state index contributed by atoms with van der Waals surface area (Å²) in [4.78, 5) is 10.6. The lowest BCUT2D eigenvalue weighted by Gasteiger charge is -2.11. The summed E-state index contributed by atoms with van der Waals surface area (Å²) in [6.07, 6.45) is 0.696. The summed E-state index contributed by atoms with van der Waals surface area (Å²) in [7, 11) is 2.96. The fourth-order valence-corrected chi connectivity index (χ4v) is 1.25. The van der Waals surface area contributed by atoms with Gasteiger partial charge in [0.25, 0.3) is 0 Å². The lowest BCUT2D eigenvalue weighted by atomic mass is 10.1. The first-order chi connectivity index (χ1) is 6.76. The van der Waals surface area contributed by atoms with Crippen molar-refractivity contribution in [1.29, 1.82) is 0 Å². The Morgan fingerprint density at radius 3 is 2.50 bits per heavy atom. The van der Waals surface area contributed by atoms with Crippen LogP contribution in [0.1, 0.15) is 15.9 Å². The minimum atomic E-state index is -0.193. The van der Waals surface area contributed by atoms with Crippen molar-refractivity contribution >= 4 is 6.29 Å². The number of aliphatic hydroxyl groups excluding tert-OH is 1. The number of aliphatic hydroxyl groups is 1. The van der Waals surface area contributed by atoms with Crippen molar-refractivity contribution in [2.45, 2.75) is 6.61 Å². The van der Waals surface area contributed by atoms with Crippen LogP contribution in [-0.4, -0.2) is 25.6 Å². The Morgan fingerprint density at radius 1 is 1.36 bits per heavy atom. The van der Waals surface area contributed by atoms with E-state index in [1.807, 2.05) is 0 Å². The lowest BCUT2D eigenvalue weighted by molar-refractivity contribution is 0.112. The zero-order valence-corrected chi connectivity index (χ0v) is 8.11. The highest BCUT2D eigenvalue weighted by Crippen LogP contribution is 2.32. The van der Waals surface area contributed by atoms with E-state index < -0.39 is 0 Å². The summed E-state index contributed by atoms with van der Waals surface area (Å²) >= 11 is 0. The molecule has 1 aromatic carbocycles. The quantitative estimate of drug-likeness (QED) is 0.730. The number of hydrogen-bond acceptors (Lipinski definition) is 4. The maximum atomic E-state index is 10.6. The standard InChI is InChI=1S/C10H12O4/c1-13-9-4-7(5-11)3-8(6-12)10(9)14-2/h3-5,12H,6H2,1-2H3. The van der Waals surface area contributed by atoms with Crippen molar-refractivity contribution < 1.29 is 19.4 Å². The molecule has 0 fully saturated rings. The molecular weight excluding hydrogens is 184 g/mol. The molecule has 0 bridgehead atoms. The van der Waals surface area contributed by atoms with Crippen molar-refractivity contribution in [2.75, 3.05) is 14.2 Å². The number of methoxy groups -OCH3 is 2. The minimum absolute atomic E-state index is 0.193. The monoisotopic (exact) mass is 196 g/mol. The molecule has 0 aliphatic heterocycles. The van der Waals surface area contributed by atoms with Crippen molar-refractivity contribution in [3.63, 3.8) is 0 Å². The molecule has 76 valence electrons. The molecule has 14 heavy (non-hydrogen) atoms. The molecule has 0 radical (unpaired) electrons. The molecule has 0 aliphatic rings. The van der Waals surface area contributed by atoms with E-state index in [4.69, 9.17) is 14.6 Å². The molecule has 0 spiro atoms. The molecule has 0 heterocycles. The van der Waals surface area contributed by atoms with Crippen molar-refractivity contribution in [3.05, 3.63) is 23.3 Å². The normalized spacial score (nSPS) is 9.64. The molecule has 1 N–H and O–H groups in total. The molecule has 1 rings (SSSR count). The van der Waals surface area contributed by atoms with Crippen molar-refractivity contribution in [2.24, 2.45) is 0 Å². The third kappa shape index (κ3) is 1.85. The van der Waals surface area contributed by atoms with E-state index >= 15 is 0 Å². The molecule has 0 saturated carbocycles. The summed E-state index contributed by atoms with van der Waals surface area (Å²) in [6, 6.07) is 3.12. The number of carbonyl (C=O) groups excluding carboxylic acids is 1. The van der Waals surface area contributed by atoms with Crippen LogP contribution in [0.5, 0.6) is 11.5 Å². The Labute approximate surface area is 82.1 Å². The molecule has 0 atom stereocenters. The SMILES string of the molecule is COc1cc(C=O)cc(CO)c1OC. The second-order valence-electron chi connectivity index (χ2n) is 2.69. The van der Waals surface area contributed by atoms with Gasteiger partial charge in [-0.15, -0.1) is 0 Å². The van der Waals surface area contributed by atoms with Gasteiger partial charge in [-0.25, -0.2) is 0 Å². The molecular formula is C10H12O4. The van der Waals surface area contributed by atoms with Gasteiger partial charge in [-0.1, -0.05) is 0 Å². The largest absolute Gasteiger partial charge is 0.493 e. The zero-order chi connectivity index (χ0) is 10.6. The number of hydrogen-bond donors (Lipinski definition) is 1. The number of benzene rings is 1. The van der Waals surface area contributed by atoms with E-state index in [0.29, 0.717) is 28.9 Å². The van der Waals surface area contributed by atoms with Crippen LogP contribution in [0.2, 0.25) is 0 Å². The second-order valence-corrected chi connectivity index (χ2v) is 2.69. The van der Waals surface area contributed by atoms with E-state index in [1.54, 1.807) is 12.1 Å². The van der Waals surface area contributed by atoms with Crippen LogP contribution in [-0.2, 0) is 6.61 Å². The Morgan fingerprint density at radius 2 is 2.07 bits per heavy atom. The van der Waals surface area contributed by atoms with E-state index in [9.17, 15) is 4.79 Å². The maximum absolute atomic E-state index is 10.6. The summed E-state index contributed by atoms with van der Waals surface area (Å²) < 4.78 is 10.1. The van der Waals surface area contributed by atoms with Gasteiger partial charge in [0.05, 0.1) is 20.8 Å². The highest BCUT2D eigenvalue weighted by Gasteiger charge is 2.10. The van der Waals surface area contributed by atoms with Crippen LogP contribution in [0.15, 0.2) is 12.1 Å². The lowest BCUT2D eigenvalue weighted by Crippen LogP contribution is -1.98. The predicted molar refractivity (Wildman–Crippen MR) is 50.9 cm³/mol. The van der Waals surface area contributed by atoms with E-state index in [0.717, 1.165) is 0 Å². The van der Waals surface area contributed by atoms with Crippen LogP contribution < -0.4 is 9.47 Å². The average molecular weight is 196 g/mol. The Kier molecular flexibility index (Phi) is 3.48. The summed E-state index contributed by atoms with van der Waals surface area (Å²) in [5.41, 5.74) is 0.987. The minimum Gasteiger partial charge on any atom is -0.493 e.